The molecular weight excluding hydrogens is 303 g/mol. The van der Waals surface area contributed by atoms with Gasteiger partial charge in [0, 0.05) is 10.6 Å². The maximum absolute atomic E-state index is 9.61. The van der Waals surface area contributed by atoms with Crippen molar-refractivity contribution in [1.82, 2.24) is 0 Å². The fourth-order valence-corrected chi connectivity index (χ4v) is 2.78. The van der Waals surface area contributed by atoms with Gasteiger partial charge in [-0.05, 0) is 24.3 Å². The minimum Gasteiger partial charge on any atom is -0.507 e. The van der Waals surface area contributed by atoms with Crippen LogP contribution in [0.3, 0.4) is 0 Å². The van der Waals surface area contributed by atoms with E-state index in [-0.39, 0.29) is 5.75 Å². The topological polar surface area (TPSA) is 29.5 Å². The number of phenolic OH excluding ortho intramolecular Hbond substituents is 1. The van der Waals surface area contributed by atoms with Crippen LogP contribution in [-0.4, -0.2) is 17.5 Å². The molecule has 0 heterocycles. The molecule has 0 aliphatic heterocycles. The molecule has 0 radical (unpaired) electrons. The van der Waals surface area contributed by atoms with E-state index >= 15 is 0 Å². The average Bonchev–Trinajstić information content (AvgIpc) is 2.39. The van der Waals surface area contributed by atoms with Gasteiger partial charge in [-0.2, -0.15) is 0 Å². The Morgan fingerprint density at radius 1 is 1.00 bits per heavy atom. The molecule has 0 atom stereocenters. The van der Waals surface area contributed by atoms with Crippen molar-refractivity contribution in [3.63, 3.8) is 0 Å². The fraction of sp³-hybridized carbons (Fsp3) is 0.143. The van der Waals surface area contributed by atoms with Gasteiger partial charge in [0.05, 0.1) is 16.7 Å². The van der Waals surface area contributed by atoms with Gasteiger partial charge in [0.25, 0.3) is 0 Å². The molecule has 0 fully saturated rings. The van der Waals surface area contributed by atoms with Crippen molar-refractivity contribution >= 4 is 35.0 Å². The van der Waals surface area contributed by atoms with Crippen LogP contribution in [0.4, 0.5) is 0 Å². The third kappa shape index (κ3) is 3.96. The number of rotatable bonds is 5. The molecule has 2 aromatic rings. The van der Waals surface area contributed by atoms with Gasteiger partial charge in [0.15, 0.2) is 5.75 Å². The number of ether oxygens (including phenoxy) is 1. The lowest BCUT2D eigenvalue weighted by Crippen LogP contribution is -2.01. The first-order valence-electron chi connectivity index (χ1n) is 5.66. The van der Waals surface area contributed by atoms with Crippen LogP contribution in [0.1, 0.15) is 0 Å². The van der Waals surface area contributed by atoms with Crippen LogP contribution in [0.2, 0.25) is 10.0 Å². The Balaban J connectivity index is 1.86. The van der Waals surface area contributed by atoms with Gasteiger partial charge in [-0.25, -0.2) is 0 Å². The van der Waals surface area contributed by atoms with Crippen molar-refractivity contribution in [3.8, 4) is 11.5 Å². The molecule has 0 bridgehead atoms. The Morgan fingerprint density at radius 3 is 2.37 bits per heavy atom. The largest absolute Gasteiger partial charge is 0.507 e. The third-order valence-corrected chi connectivity index (χ3v) is 3.99. The van der Waals surface area contributed by atoms with E-state index in [1.54, 1.807) is 30.3 Å². The molecule has 0 amide bonds. The SMILES string of the molecule is Oc1ccccc1SCCOc1c(Cl)cccc1Cl. The zero-order valence-electron chi connectivity index (χ0n) is 9.98. The number of aromatic hydroxyl groups is 1. The summed E-state index contributed by atoms with van der Waals surface area (Å²) in [5, 5.41) is 10.6. The highest BCUT2D eigenvalue weighted by Crippen LogP contribution is 2.33. The van der Waals surface area contributed by atoms with Crippen molar-refractivity contribution in [1.29, 1.82) is 0 Å². The minimum absolute atomic E-state index is 0.281. The molecule has 2 aromatic carbocycles. The number of benzene rings is 2. The smallest absolute Gasteiger partial charge is 0.156 e. The van der Waals surface area contributed by atoms with Gasteiger partial charge >= 0.3 is 0 Å². The second kappa shape index (κ2) is 6.94. The molecule has 0 spiro atoms. The van der Waals surface area contributed by atoms with Crippen LogP contribution in [0.15, 0.2) is 47.4 Å². The maximum Gasteiger partial charge on any atom is 0.156 e. The molecule has 0 aliphatic rings. The molecule has 0 unspecified atom stereocenters. The van der Waals surface area contributed by atoms with E-state index < -0.39 is 0 Å². The second-order valence-corrected chi connectivity index (χ2v) is 5.67. The number of hydrogen-bond donors (Lipinski definition) is 1. The van der Waals surface area contributed by atoms with Crippen LogP contribution in [0, 0.1) is 0 Å². The molecule has 0 saturated heterocycles. The van der Waals surface area contributed by atoms with Gasteiger partial charge in [-0.1, -0.05) is 41.4 Å². The van der Waals surface area contributed by atoms with Crippen molar-refractivity contribution < 1.29 is 9.84 Å². The Morgan fingerprint density at radius 2 is 1.68 bits per heavy atom. The summed E-state index contributed by atoms with van der Waals surface area (Å²) < 4.78 is 5.56. The highest BCUT2D eigenvalue weighted by atomic mass is 35.5. The molecule has 0 saturated carbocycles. The molecule has 5 heteroatoms. The molecule has 1 N–H and O–H groups in total. The standard InChI is InChI=1S/C14H12Cl2O2S/c15-10-4-3-5-11(16)14(10)18-8-9-19-13-7-2-1-6-12(13)17/h1-7,17H,8-9H2. The second-order valence-electron chi connectivity index (χ2n) is 3.72. The molecular formula is C14H12Cl2O2S. The summed E-state index contributed by atoms with van der Waals surface area (Å²) in [4.78, 5) is 0.830. The van der Waals surface area contributed by atoms with E-state index in [0.29, 0.717) is 28.2 Å². The third-order valence-electron chi connectivity index (χ3n) is 2.37. The van der Waals surface area contributed by atoms with E-state index in [1.807, 2.05) is 12.1 Å². The normalized spacial score (nSPS) is 10.4. The van der Waals surface area contributed by atoms with Crippen molar-refractivity contribution in [2.75, 3.05) is 12.4 Å². The molecule has 0 aliphatic carbocycles. The minimum atomic E-state index is 0.281. The first kappa shape index (κ1) is 14.4. The maximum atomic E-state index is 9.61. The van der Waals surface area contributed by atoms with Gasteiger partial charge in [-0.15, -0.1) is 11.8 Å². The summed E-state index contributed by atoms with van der Waals surface area (Å²) in [7, 11) is 0. The predicted molar refractivity (Wildman–Crippen MR) is 80.8 cm³/mol. The lowest BCUT2D eigenvalue weighted by molar-refractivity contribution is 0.344. The molecule has 2 rings (SSSR count). The molecule has 100 valence electrons. The lowest BCUT2D eigenvalue weighted by atomic mass is 10.3. The van der Waals surface area contributed by atoms with Crippen LogP contribution in [-0.2, 0) is 0 Å². The monoisotopic (exact) mass is 314 g/mol. The van der Waals surface area contributed by atoms with E-state index in [4.69, 9.17) is 27.9 Å². The van der Waals surface area contributed by atoms with Crippen molar-refractivity contribution in [3.05, 3.63) is 52.5 Å². The van der Waals surface area contributed by atoms with Gasteiger partial charge in [-0.3, -0.25) is 0 Å². The summed E-state index contributed by atoms with van der Waals surface area (Å²) in [5.41, 5.74) is 0. The van der Waals surface area contributed by atoms with Gasteiger partial charge in [0.2, 0.25) is 0 Å². The van der Waals surface area contributed by atoms with Gasteiger partial charge in [0.1, 0.15) is 5.75 Å². The summed E-state index contributed by atoms with van der Waals surface area (Å²) >= 11 is 13.5. The Bertz CT molecular complexity index is 541. The quantitative estimate of drug-likeness (QED) is 0.630. The van der Waals surface area contributed by atoms with Crippen LogP contribution < -0.4 is 4.74 Å². The molecule has 19 heavy (non-hydrogen) atoms. The van der Waals surface area contributed by atoms with E-state index in [9.17, 15) is 5.11 Å². The van der Waals surface area contributed by atoms with Crippen molar-refractivity contribution in [2.24, 2.45) is 0 Å². The average molecular weight is 315 g/mol. The summed E-state index contributed by atoms with van der Waals surface area (Å²) in [6, 6.07) is 12.4. The van der Waals surface area contributed by atoms with Crippen molar-refractivity contribution in [2.45, 2.75) is 4.90 Å². The highest BCUT2D eigenvalue weighted by Gasteiger charge is 2.06. The number of hydrogen-bond acceptors (Lipinski definition) is 3. The molecule has 2 nitrogen and oxygen atoms in total. The van der Waals surface area contributed by atoms with Crippen LogP contribution in [0.25, 0.3) is 0 Å². The van der Waals surface area contributed by atoms with Gasteiger partial charge < -0.3 is 9.84 Å². The number of halogens is 2. The van der Waals surface area contributed by atoms with E-state index in [2.05, 4.69) is 0 Å². The predicted octanol–water partition coefficient (Wildman–Crippen LogP) is 4.87. The summed E-state index contributed by atoms with van der Waals surface area (Å²) in [6.07, 6.45) is 0. The zero-order chi connectivity index (χ0) is 13.7. The number of thioether (sulfide) groups is 1. The molecule has 0 aromatic heterocycles. The summed E-state index contributed by atoms with van der Waals surface area (Å²) in [5.74, 6) is 1.48. The zero-order valence-corrected chi connectivity index (χ0v) is 12.3. The number of phenols is 1. The Hall–Kier alpha value is -1.03. The van der Waals surface area contributed by atoms with Crippen LogP contribution >= 0.6 is 35.0 Å². The Kier molecular flexibility index (Phi) is 5.25. The summed E-state index contributed by atoms with van der Waals surface area (Å²) in [6.45, 7) is 0.461. The van der Waals surface area contributed by atoms with E-state index in [0.717, 1.165) is 4.90 Å². The highest BCUT2D eigenvalue weighted by molar-refractivity contribution is 7.99. The Labute approximate surface area is 126 Å². The fourth-order valence-electron chi connectivity index (χ4n) is 1.49. The van der Waals surface area contributed by atoms with Crippen LogP contribution in [0.5, 0.6) is 11.5 Å². The van der Waals surface area contributed by atoms with E-state index in [1.165, 1.54) is 11.8 Å². The number of para-hydroxylation sites is 2. The first-order valence-corrected chi connectivity index (χ1v) is 7.40. The lowest BCUT2D eigenvalue weighted by Gasteiger charge is -2.09. The first-order chi connectivity index (χ1) is 9.18.